The minimum atomic E-state index is -0.254. The first-order chi connectivity index (χ1) is 6.25. The van der Waals surface area contributed by atoms with E-state index < -0.39 is 0 Å². The second kappa shape index (κ2) is 4.64. The van der Waals surface area contributed by atoms with Crippen LogP contribution in [0.25, 0.3) is 0 Å². The van der Waals surface area contributed by atoms with Crippen LogP contribution in [0.1, 0.15) is 38.5 Å². The summed E-state index contributed by atoms with van der Waals surface area (Å²) in [7, 11) is 1.72. The highest BCUT2D eigenvalue weighted by Crippen LogP contribution is 2.31. The third-order valence-corrected chi connectivity index (χ3v) is 3.10. The molecule has 0 bridgehead atoms. The van der Waals surface area contributed by atoms with Crippen LogP contribution in [-0.2, 0) is 4.74 Å². The van der Waals surface area contributed by atoms with Crippen LogP contribution in [0, 0.1) is 12.3 Å². The van der Waals surface area contributed by atoms with Gasteiger partial charge in [-0.3, -0.25) is 0 Å². The Morgan fingerprint density at radius 3 is 2.23 bits per heavy atom. The molecule has 1 unspecified atom stereocenters. The Morgan fingerprint density at radius 2 is 1.85 bits per heavy atom. The lowest BCUT2D eigenvalue weighted by Gasteiger charge is -2.34. The third-order valence-electron chi connectivity index (χ3n) is 3.10. The van der Waals surface area contributed by atoms with Crippen LogP contribution >= 0.6 is 0 Å². The van der Waals surface area contributed by atoms with Crippen molar-refractivity contribution in [1.82, 2.24) is 0 Å². The molecule has 0 saturated heterocycles. The van der Waals surface area contributed by atoms with E-state index in [9.17, 15) is 0 Å². The quantitative estimate of drug-likeness (QED) is 0.519. The molecule has 1 fully saturated rings. The van der Waals surface area contributed by atoms with Gasteiger partial charge in [0, 0.05) is 7.11 Å². The van der Waals surface area contributed by atoms with Crippen LogP contribution in [0.3, 0.4) is 0 Å². The molecule has 2 nitrogen and oxygen atoms in total. The average Bonchev–Trinajstić information content (AvgIpc) is 2.42. The lowest BCUT2D eigenvalue weighted by Crippen LogP contribution is -2.48. The molecule has 1 aliphatic rings. The topological polar surface area (TPSA) is 35.2 Å². The highest BCUT2D eigenvalue weighted by Gasteiger charge is 2.36. The molecule has 13 heavy (non-hydrogen) atoms. The molecule has 2 N–H and O–H groups in total. The lowest BCUT2D eigenvalue weighted by atomic mass is 9.87. The Morgan fingerprint density at radius 1 is 1.31 bits per heavy atom. The number of methoxy groups -OCH3 is 1. The van der Waals surface area contributed by atoms with Gasteiger partial charge < -0.3 is 10.5 Å². The molecule has 0 aromatic rings. The van der Waals surface area contributed by atoms with Gasteiger partial charge in [0.15, 0.2) is 0 Å². The predicted octanol–water partition coefficient (Wildman–Crippen LogP) is 1.69. The maximum atomic E-state index is 5.90. The zero-order valence-corrected chi connectivity index (χ0v) is 8.38. The van der Waals surface area contributed by atoms with E-state index in [0.717, 1.165) is 12.8 Å². The molecule has 1 atom stereocenters. The fourth-order valence-corrected chi connectivity index (χ4v) is 2.12. The van der Waals surface area contributed by atoms with Crippen molar-refractivity contribution in [3.63, 3.8) is 0 Å². The summed E-state index contributed by atoms with van der Waals surface area (Å²) < 4.78 is 5.54. The summed E-state index contributed by atoms with van der Waals surface area (Å²) in [6.07, 6.45) is 12.3. The molecule has 0 heterocycles. The minimum absolute atomic E-state index is 0.245. The second-order valence-electron chi connectivity index (χ2n) is 3.83. The summed E-state index contributed by atoms with van der Waals surface area (Å²) in [5.41, 5.74) is 5.66. The summed E-state index contributed by atoms with van der Waals surface area (Å²) in [5.74, 6) is 2.61. The molecule has 0 aromatic heterocycles. The summed E-state index contributed by atoms with van der Waals surface area (Å²) in [5, 5.41) is 0. The Kier molecular flexibility index (Phi) is 3.77. The van der Waals surface area contributed by atoms with Gasteiger partial charge in [0.2, 0.25) is 0 Å². The summed E-state index contributed by atoms with van der Waals surface area (Å²) in [6.45, 7) is 0. The monoisotopic (exact) mass is 181 g/mol. The number of nitrogens with two attached hydrogens (primary N) is 1. The van der Waals surface area contributed by atoms with Crippen molar-refractivity contribution in [2.45, 2.75) is 50.2 Å². The highest BCUT2D eigenvalue weighted by molar-refractivity contribution is 5.09. The van der Waals surface area contributed by atoms with Gasteiger partial charge in [-0.05, 0) is 12.8 Å². The van der Waals surface area contributed by atoms with Crippen LogP contribution in [0.4, 0.5) is 0 Å². The standard InChI is InChI=1S/C11H19NO/c1-3-10(12)11(13-2)8-6-4-5-7-9-11/h1,10H,4-9,12H2,2H3. The van der Waals surface area contributed by atoms with Crippen LogP contribution in [0.5, 0.6) is 0 Å². The summed E-state index contributed by atoms with van der Waals surface area (Å²) in [6, 6.07) is -0.254. The zero-order chi connectivity index (χ0) is 9.73. The number of ether oxygens (including phenoxy) is 1. The highest BCUT2D eigenvalue weighted by atomic mass is 16.5. The summed E-state index contributed by atoms with van der Waals surface area (Å²) >= 11 is 0. The first-order valence-corrected chi connectivity index (χ1v) is 5.02. The van der Waals surface area contributed by atoms with Gasteiger partial charge in [-0.1, -0.05) is 31.6 Å². The Labute approximate surface area is 80.8 Å². The maximum Gasteiger partial charge on any atom is 0.0956 e. The van der Waals surface area contributed by atoms with Crippen molar-refractivity contribution in [2.24, 2.45) is 5.73 Å². The second-order valence-corrected chi connectivity index (χ2v) is 3.83. The lowest BCUT2D eigenvalue weighted by molar-refractivity contribution is -0.0301. The number of rotatable bonds is 2. The van der Waals surface area contributed by atoms with Gasteiger partial charge in [0.05, 0.1) is 11.6 Å². The van der Waals surface area contributed by atoms with E-state index >= 15 is 0 Å². The Bertz CT molecular complexity index is 187. The van der Waals surface area contributed by atoms with Crippen molar-refractivity contribution in [3.05, 3.63) is 0 Å². The van der Waals surface area contributed by atoms with Crippen LogP contribution < -0.4 is 5.73 Å². The van der Waals surface area contributed by atoms with Gasteiger partial charge in [0.1, 0.15) is 0 Å². The molecule has 1 saturated carbocycles. The molecule has 0 spiro atoms. The molecule has 1 aliphatic carbocycles. The average molecular weight is 181 g/mol. The molecule has 0 aromatic carbocycles. The van der Waals surface area contributed by atoms with E-state index in [2.05, 4.69) is 5.92 Å². The van der Waals surface area contributed by atoms with Crippen LogP contribution in [0.2, 0.25) is 0 Å². The number of hydrogen-bond donors (Lipinski definition) is 1. The molecular weight excluding hydrogens is 162 g/mol. The van der Waals surface area contributed by atoms with Gasteiger partial charge in [-0.2, -0.15) is 0 Å². The molecule has 0 radical (unpaired) electrons. The molecule has 0 aliphatic heterocycles. The van der Waals surface area contributed by atoms with E-state index in [1.165, 1.54) is 25.7 Å². The first-order valence-electron chi connectivity index (χ1n) is 5.02. The van der Waals surface area contributed by atoms with Crippen molar-refractivity contribution in [1.29, 1.82) is 0 Å². The Balaban J connectivity index is 2.71. The molecule has 0 amide bonds. The van der Waals surface area contributed by atoms with Crippen molar-refractivity contribution >= 4 is 0 Å². The van der Waals surface area contributed by atoms with E-state index in [1.54, 1.807) is 7.11 Å². The third kappa shape index (κ3) is 2.24. The predicted molar refractivity (Wildman–Crippen MR) is 54.3 cm³/mol. The fraction of sp³-hybridized carbons (Fsp3) is 0.818. The van der Waals surface area contributed by atoms with E-state index in [4.69, 9.17) is 16.9 Å². The SMILES string of the molecule is C#CC(N)C1(OC)CCCCCC1. The maximum absolute atomic E-state index is 5.90. The van der Waals surface area contributed by atoms with Gasteiger partial charge in [0.25, 0.3) is 0 Å². The minimum Gasteiger partial charge on any atom is -0.376 e. The first kappa shape index (κ1) is 10.6. The number of hydrogen-bond acceptors (Lipinski definition) is 2. The van der Waals surface area contributed by atoms with Crippen LogP contribution in [-0.4, -0.2) is 18.8 Å². The Hall–Kier alpha value is -0.520. The fourth-order valence-electron chi connectivity index (χ4n) is 2.12. The molecule has 2 heteroatoms. The zero-order valence-electron chi connectivity index (χ0n) is 8.38. The van der Waals surface area contributed by atoms with E-state index in [-0.39, 0.29) is 11.6 Å². The van der Waals surface area contributed by atoms with Crippen LogP contribution in [0.15, 0.2) is 0 Å². The summed E-state index contributed by atoms with van der Waals surface area (Å²) in [4.78, 5) is 0. The van der Waals surface area contributed by atoms with E-state index in [1.807, 2.05) is 0 Å². The van der Waals surface area contributed by atoms with Gasteiger partial charge in [-0.15, -0.1) is 6.42 Å². The van der Waals surface area contributed by atoms with Gasteiger partial charge >= 0.3 is 0 Å². The van der Waals surface area contributed by atoms with Gasteiger partial charge in [-0.25, -0.2) is 0 Å². The smallest absolute Gasteiger partial charge is 0.0956 e. The number of terminal acetylenes is 1. The molecular formula is C11H19NO. The van der Waals surface area contributed by atoms with Crippen molar-refractivity contribution in [3.8, 4) is 12.3 Å². The van der Waals surface area contributed by atoms with Crippen molar-refractivity contribution < 1.29 is 4.74 Å². The molecule has 1 rings (SSSR count). The largest absolute Gasteiger partial charge is 0.376 e. The normalized spacial score (nSPS) is 24.4. The van der Waals surface area contributed by atoms with Crippen molar-refractivity contribution in [2.75, 3.05) is 7.11 Å². The van der Waals surface area contributed by atoms with E-state index in [0.29, 0.717) is 0 Å². The molecule has 74 valence electrons.